The van der Waals surface area contributed by atoms with Crippen molar-refractivity contribution < 1.29 is 19.8 Å². The van der Waals surface area contributed by atoms with Crippen LogP contribution in [0, 0.1) is 0 Å². The summed E-state index contributed by atoms with van der Waals surface area (Å²) >= 11 is 1.61. The number of nitrogens with zero attached hydrogens (tertiary/aromatic N) is 1. The summed E-state index contributed by atoms with van der Waals surface area (Å²) < 4.78 is -0.357. The van der Waals surface area contributed by atoms with Gasteiger partial charge in [0, 0.05) is 10.3 Å². The molecule has 1 saturated heterocycles. The number of hydrogen-bond acceptors (Lipinski definition) is 5. The zero-order chi connectivity index (χ0) is 17.6. The average Bonchev–Trinajstić information content (AvgIpc) is 2.53. The lowest BCUT2D eigenvalue weighted by atomic mass is 9.89. The van der Waals surface area contributed by atoms with Crippen molar-refractivity contribution in [1.82, 2.24) is 10.2 Å². The summed E-state index contributed by atoms with van der Waals surface area (Å²) in [5.41, 5.74) is 0.482. The molecule has 2 heterocycles. The number of hydrogen-bond donors (Lipinski definition) is 3. The van der Waals surface area contributed by atoms with Gasteiger partial charge in [-0.25, -0.2) is 4.79 Å². The molecule has 0 spiro atoms. The smallest absolute Gasteiger partial charge is 0.352 e. The Kier molecular flexibility index (Phi) is 7.57. The van der Waals surface area contributed by atoms with Crippen LogP contribution in [0.3, 0.4) is 0 Å². The minimum Gasteiger partial charge on any atom is -0.477 e. The fourth-order valence-corrected chi connectivity index (χ4v) is 4.70. The molecule has 0 aromatic carbocycles. The Morgan fingerprint density at radius 2 is 1.87 bits per heavy atom. The molecular formula is C16H28N2O4S. The molecule has 0 aliphatic carbocycles. The van der Waals surface area contributed by atoms with E-state index in [0.29, 0.717) is 12.0 Å². The van der Waals surface area contributed by atoms with Crippen molar-refractivity contribution in [3.05, 3.63) is 11.3 Å². The molecule has 2 aliphatic rings. The first-order valence-corrected chi connectivity index (χ1v) is 9.08. The molecule has 0 saturated carbocycles. The number of carbonyl (C=O) groups excluding carboxylic acids is 1. The summed E-state index contributed by atoms with van der Waals surface area (Å²) in [4.78, 5) is 24.3. The number of thioether (sulfide) groups is 1. The summed E-state index contributed by atoms with van der Waals surface area (Å²) in [6, 6.07) is 0. The normalized spacial score (nSPS) is 22.0. The summed E-state index contributed by atoms with van der Waals surface area (Å²) in [7, 11) is 0. The number of aliphatic hydroxyl groups excluding tert-OH is 1. The van der Waals surface area contributed by atoms with Crippen molar-refractivity contribution in [3.63, 3.8) is 0 Å². The number of carbonyl (C=O) groups is 2. The number of carboxylic acid groups (broad SMARTS) is 1. The highest BCUT2D eigenvalue weighted by Crippen LogP contribution is 2.52. The van der Waals surface area contributed by atoms with Crippen LogP contribution < -0.4 is 5.32 Å². The molecule has 2 rings (SSSR count). The summed E-state index contributed by atoms with van der Waals surface area (Å²) in [5.74, 6) is -1.29. The first kappa shape index (κ1) is 20.0. The van der Waals surface area contributed by atoms with E-state index < -0.39 is 5.97 Å². The Labute approximate surface area is 142 Å². The van der Waals surface area contributed by atoms with Crippen LogP contribution in [0.4, 0.5) is 0 Å². The van der Waals surface area contributed by atoms with Crippen molar-refractivity contribution in [2.24, 2.45) is 0 Å². The highest BCUT2D eigenvalue weighted by molar-refractivity contribution is 8.01. The molecule has 1 fully saturated rings. The highest BCUT2D eigenvalue weighted by atomic mass is 32.2. The van der Waals surface area contributed by atoms with E-state index in [4.69, 9.17) is 0 Å². The number of aliphatic hydroxyl groups is 1. The fourth-order valence-electron chi connectivity index (χ4n) is 2.99. The van der Waals surface area contributed by atoms with Crippen molar-refractivity contribution in [1.29, 1.82) is 0 Å². The average molecular weight is 344 g/mol. The zero-order valence-electron chi connectivity index (χ0n) is 14.4. The van der Waals surface area contributed by atoms with Gasteiger partial charge in [-0.05, 0) is 25.9 Å². The van der Waals surface area contributed by atoms with Gasteiger partial charge in [0.25, 0.3) is 0 Å². The second kappa shape index (κ2) is 8.70. The maximum Gasteiger partial charge on any atom is 0.352 e. The summed E-state index contributed by atoms with van der Waals surface area (Å²) in [6.45, 7) is 10.1. The third kappa shape index (κ3) is 3.89. The monoisotopic (exact) mass is 344 g/mol. The predicted octanol–water partition coefficient (Wildman–Crippen LogP) is 1.80. The number of rotatable bonds is 6. The van der Waals surface area contributed by atoms with E-state index in [2.05, 4.69) is 19.2 Å². The van der Waals surface area contributed by atoms with Gasteiger partial charge < -0.3 is 15.5 Å². The second-order valence-corrected chi connectivity index (χ2v) is 7.05. The standard InChI is InChI=1S/C12H17NO4S.C4H11N/c1-3-12(4-2)7(6-14)10(11(16)17)13-8(15)5-9(13)18-12;1-3-5-4-2/h9,14H,3-6H2,1-2H3,(H,16,17);5H,3-4H2,1-2H3/t9-;/m1./s1. The van der Waals surface area contributed by atoms with Gasteiger partial charge in [0.2, 0.25) is 5.91 Å². The largest absolute Gasteiger partial charge is 0.477 e. The molecule has 0 unspecified atom stereocenters. The Bertz CT molecular complexity index is 473. The lowest BCUT2D eigenvalue weighted by molar-refractivity contribution is -0.146. The van der Waals surface area contributed by atoms with Crippen LogP contribution in [-0.2, 0) is 9.59 Å². The first-order chi connectivity index (χ1) is 10.9. The SMILES string of the molecule is CCC1(CC)S[C@@H]2CC(=O)N2C(C(=O)O)=C1CO.CCNCC. The Morgan fingerprint density at radius 1 is 1.30 bits per heavy atom. The van der Waals surface area contributed by atoms with Gasteiger partial charge in [-0.3, -0.25) is 9.69 Å². The molecule has 23 heavy (non-hydrogen) atoms. The van der Waals surface area contributed by atoms with Gasteiger partial charge in [0.05, 0.1) is 18.4 Å². The van der Waals surface area contributed by atoms with Crippen molar-refractivity contribution in [3.8, 4) is 0 Å². The number of fused-ring (bicyclic) bond motifs is 1. The van der Waals surface area contributed by atoms with E-state index in [0.717, 1.165) is 25.9 Å². The number of carboxylic acids is 1. The highest BCUT2D eigenvalue weighted by Gasteiger charge is 2.52. The quantitative estimate of drug-likeness (QED) is 0.637. The number of β-lactam (4-membered cyclic amide) rings is 1. The maximum absolute atomic E-state index is 11.6. The topological polar surface area (TPSA) is 89.9 Å². The first-order valence-electron chi connectivity index (χ1n) is 8.20. The Morgan fingerprint density at radius 3 is 2.17 bits per heavy atom. The van der Waals surface area contributed by atoms with Gasteiger partial charge in [0.15, 0.2) is 0 Å². The van der Waals surface area contributed by atoms with Crippen LogP contribution in [0.5, 0.6) is 0 Å². The van der Waals surface area contributed by atoms with Gasteiger partial charge in [-0.15, -0.1) is 11.8 Å². The Balaban J connectivity index is 0.000000463. The van der Waals surface area contributed by atoms with Crippen LogP contribution in [0.25, 0.3) is 0 Å². The molecule has 132 valence electrons. The number of amides is 1. The molecule has 0 aromatic rings. The van der Waals surface area contributed by atoms with Gasteiger partial charge in [0.1, 0.15) is 5.70 Å². The van der Waals surface area contributed by atoms with Crippen LogP contribution >= 0.6 is 11.8 Å². The molecule has 7 heteroatoms. The second-order valence-electron chi connectivity index (χ2n) is 5.49. The fraction of sp³-hybridized carbons (Fsp3) is 0.750. The van der Waals surface area contributed by atoms with E-state index in [1.54, 1.807) is 11.8 Å². The third-order valence-corrected chi connectivity index (χ3v) is 6.27. The van der Waals surface area contributed by atoms with Crippen molar-refractivity contribution >= 4 is 23.6 Å². The molecule has 0 bridgehead atoms. The molecule has 0 radical (unpaired) electrons. The van der Waals surface area contributed by atoms with Gasteiger partial charge >= 0.3 is 5.97 Å². The van der Waals surface area contributed by atoms with Gasteiger partial charge in [-0.2, -0.15) is 0 Å². The number of nitrogens with one attached hydrogen (secondary N) is 1. The predicted molar refractivity (Wildman–Crippen MR) is 92.1 cm³/mol. The van der Waals surface area contributed by atoms with E-state index in [9.17, 15) is 19.8 Å². The van der Waals surface area contributed by atoms with E-state index in [1.165, 1.54) is 4.90 Å². The molecule has 2 aliphatic heterocycles. The zero-order valence-corrected chi connectivity index (χ0v) is 15.2. The third-order valence-electron chi connectivity index (χ3n) is 4.35. The summed E-state index contributed by atoms with van der Waals surface area (Å²) in [5, 5.41) is 21.9. The van der Waals surface area contributed by atoms with Crippen LogP contribution in [-0.4, -0.2) is 56.8 Å². The maximum atomic E-state index is 11.6. The molecule has 6 nitrogen and oxygen atoms in total. The number of aliphatic carboxylic acids is 1. The minimum absolute atomic E-state index is 0.00111. The lowest BCUT2D eigenvalue weighted by Crippen LogP contribution is -2.58. The van der Waals surface area contributed by atoms with E-state index in [1.807, 2.05) is 13.8 Å². The Hall–Kier alpha value is -1.05. The van der Waals surface area contributed by atoms with Crippen LogP contribution in [0.1, 0.15) is 47.0 Å². The van der Waals surface area contributed by atoms with Gasteiger partial charge in [-0.1, -0.05) is 27.7 Å². The summed E-state index contributed by atoms with van der Waals surface area (Å²) in [6.07, 6.45) is 1.89. The molecule has 0 aromatic heterocycles. The van der Waals surface area contributed by atoms with E-state index >= 15 is 0 Å². The molecule has 1 amide bonds. The lowest BCUT2D eigenvalue weighted by Gasteiger charge is -2.51. The van der Waals surface area contributed by atoms with Crippen molar-refractivity contribution in [2.45, 2.75) is 57.1 Å². The molecule has 3 N–H and O–H groups in total. The van der Waals surface area contributed by atoms with E-state index in [-0.39, 0.29) is 28.3 Å². The van der Waals surface area contributed by atoms with Crippen molar-refractivity contribution in [2.75, 3.05) is 19.7 Å². The van der Waals surface area contributed by atoms with Crippen LogP contribution in [0.15, 0.2) is 11.3 Å². The molecule has 1 atom stereocenters. The van der Waals surface area contributed by atoms with Crippen LogP contribution in [0.2, 0.25) is 0 Å². The molecular weight excluding hydrogens is 316 g/mol. The minimum atomic E-state index is -1.12.